The molecule has 5 rings (SSSR count). The molecule has 13 heteroatoms. The summed E-state index contributed by atoms with van der Waals surface area (Å²) in [6, 6.07) is 10.3. The molecule has 0 radical (unpaired) electrons. The fraction of sp³-hybridized carbons (Fsp3) is 0.370. The Morgan fingerprint density at radius 3 is 2.62 bits per heavy atom. The summed E-state index contributed by atoms with van der Waals surface area (Å²) in [4.78, 5) is 25.3. The Hall–Kier alpha value is -4.31. The topological polar surface area (TPSA) is 128 Å². The maximum atomic E-state index is 14.4. The normalized spacial score (nSPS) is 15.6. The van der Waals surface area contributed by atoms with E-state index < -0.39 is 29.9 Å². The molecule has 208 valence electrons. The Morgan fingerprint density at radius 1 is 1.15 bits per heavy atom. The maximum Gasteiger partial charge on any atom is 0.405 e. The smallest absolute Gasteiger partial charge is 0.343 e. The first-order valence-electron chi connectivity index (χ1n) is 12.6. The zero-order chi connectivity index (χ0) is 28.7. The molecular formula is C27H26F4N8O. The highest BCUT2D eigenvalue weighted by Crippen LogP contribution is 2.50. The Morgan fingerprint density at radius 2 is 1.93 bits per heavy atom. The van der Waals surface area contributed by atoms with Crippen LogP contribution in [-0.4, -0.2) is 40.1 Å². The van der Waals surface area contributed by atoms with Crippen LogP contribution in [0.5, 0.6) is 0 Å². The van der Waals surface area contributed by atoms with Crippen LogP contribution in [0.1, 0.15) is 53.9 Å². The van der Waals surface area contributed by atoms with E-state index in [0.717, 1.165) is 43.8 Å². The van der Waals surface area contributed by atoms with E-state index in [9.17, 15) is 27.6 Å². The summed E-state index contributed by atoms with van der Waals surface area (Å²) in [6.07, 6.45) is -1.25. The number of amides is 1. The number of pyridine rings is 1. The van der Waals surface area contributed by atoms with Gasteiger partial charge in [0.15, 0.2) is 0 Å². The summed E-state index contributed by atoms with van der Waals surface area (Å²) < 4.78 is 52.6. The fourth-order valence-electron chi connectivity index (χ4n) is 4.70. The van der Waals surface area contributed by atoms with Crippen LogP contribution in [-0.2, 0) is 17.4 Å². The Kier molecular flexibility index (Phi) is 6.83. The number of rotatable bonds is 7. The van der Waals surface area contributed by atoms with Crippen molar-refractivity contribution in [2.24, 2.45) is 0 Å². The number of hydrogen-bond acceptors (Lipinski definition) is 8. The lowest BCUT2D eigenvalue weighted by Crippen LogP contribution is -2.34. The Bertz CT molecular complexity index is 1510. The maximum absolute atomic E-state index is 14.4. The number of aromatic nitrogens is 3. The van der Waals surface area contributed by atoms with Crippen molar-refractivity contribution < 1.29 is 22.4 Å². The SMILES string of the molecule is CC(C)(C#N)c1nc(Nc2nc(Nc3ccc4c(c3)CNCC43CC3)ncc2C(=O)NCC(F)(F)F)ccc1F. The number of hydrogen-bond donors (Lipinski definition) is 4. The molecule has 1 saturated carbocycles. The summed E-state index contributed by atoms with van der Waals surface area (Å²) >= 11 is 0. The van der Waals surface area contributed by atoms with Crippen molar-refractivity contribution in [1.29, 1.82) is 5.26 Å². The van der Waals surface area contributed by atoms with E-state index in [2.05, 4.69) is 37.0 Å². The fourth-order valence-corrected chi connectivity index (χ4v) is 4.70. The molecule has 40 heavy (non-hydrogen) atoms. The van der Waals surface area contributed by atoms with Crippen molar-refractivity contribution in [3.05, 3.63) is 64.7 Å². The predicted octanol–water partition coefficient (Wildman–Crippen LogP) is 4.73. The van der Waals surface area contributed by atoms with Gasteiger partial charge in [-0.15, -0.1) is 0 Å². The highest BCUT2D eigenvalue weighted by molar-refractivity contribution is 5.99. The Balaban J connectivity index is 1.46. The van der Waals surface area contributed by atoms with Crippen LogP contribution < -0.4 is 21.3 Å². The summed E-state index contributed by atoms with van der Waals surface area (Å²) in [6.45, 7) is 3.10. The Labute approximate surface area is 227 Å². The van der Waals surface area contributed by atoms with Crippen molar-refractivity contribution in [1.82, 2.24) is 25.6 Å². The van der Waals surface area contributed by atoms with Crippen LogP contribution in [0.4, 0.5) is 40.8 Å². The molecule has 0 bridgehead atoms. The lowest BCUT2D eigenvalue weighted by atomic mass is 9.88. The predicted molar refractivity (Wildman–Crippen MR) is 139 cm³/mol. The third-order valence-corrected chi connectivity index (χ3v) is 7.01. The van der Waals surface area contributed by atoms with Gasteiger partial charge in [0.1, 0.15) is 29.6 Å². The molecule has 1 spiro atoms. The minimum atomic E-state index is -4.62. The van der Waals surface area contributed by atoms with Gasteiger partial charge < -0.3 is 21.3 Å². The average molecular weight is 555 g/mol. The first-order chi connectivity index (χ1) is 18.9. The quantitative estimate of drug-likeness (QED) is 0.309. The zero-order valence-corrected chi connectivity index (χ0v) is 21.7. The molecule has 0 saturated heterocycles. The molecule has 4 N–H and O–H groups in total. The van der Waals surface area contributed by atoms with Crippen LogP contribution in [0.25, 0.3) is 0 Å². The molecule has 0 unspecified atom stereocenters. The van der Waals surface area contributed by atoms with Gasteiger partial charge in [-0.3, -0.25) is 4.79 Å². The number of nitriles is 1. The minimum absolute atomic E-state index is 0.0313. The van der Waals surface area contributed by atoms with Gasteiger partial charge in [0.2, 0.25) is 5.95 Å². The van der Waals surface area contributed by atoms with Crippen molar-refractivity contribution in [2.45, 2.75) is 50.2 Å². The summed E-state index contributed by atoms with van der Waals surface area (Å²) in [5, 5.41) is 20.5. The van der Waals surface area contributed by atoms with Crippen molar-refractivity contribution >= 4 is 29.2 Å². The lowest BCUT2D eigenvalue weighted by molar-refractivity contribution is -0.123. The molecule has 0 atom stereocenters. The van der Waals surface area contributed by atoms with Crippen LogP contribution in [0.2, 0.25) is 0 Å². The molecule has 1 aliphatic carbocycles. The number of fused-ring (bicyclic) bond motifs is 2. The van der Waals surface area contributed by atoms with Gasteiger partial charge in [0, 0.05) is 30.4 Å². The van der Waals surface area contributed by atoms with Crippen LogP contribution >= 0.6 is 0 Å². The molecule has 1 aromatic carbocycles. The number of carbonyl (C=O) groups is 1. The summed E-state index contributed by atoms with van der Waals surface area (Å²) in [7, 11) is 0. The highest BCUT2D eigenvalue weighted by Gasteiger charge is 2.46. The third kappa shape index (κ3) is 5.67. The second-order valence-electron chi connectivity index (χ2n) is 10.5. The van der Waals surface area contributed by atoms with E-state index in [1.54, 1.807) is 5.32 Å². The number of alkyl halides is 3. The van der Waals surface area contributed by atoms with Crippen molar-refractivity contribution in [3.8, 4) is 6.07 Å². The standard InChI is InChI=1S/C27H26F4N8O/c1-25(2,12-32)21-19(28)5-6-20(37-21)38-22-17(23(40)35-14-27(29,30)31)11-34-24(39-22)36-16-3-4-18-15(9-16)10-33-13-26(18)7-8-26/h3-6,9,11,33H,7-8,10,13-14H2,1-2H3,(H,35,40)(H2,34,36,37,38,39). The molecule has 2 aliphatic rings. The van der Waals surface area contributed by atoms with Gasteiger partial charge in [-0.1, -0.05) is 6.07 Å². The first-order valence-corrected chi connectivity index (χ1v) is 12.6. The molecule has 9 nitrogen and oxygen atoms in total. The molecule has 3 aromatic rings. The molecule has 2 aromatic heterocycles. The van der Waals surface area contributed by atoms with E-state index in [-0.39, 0.29) is 34.3 Å². The van der Waals surface area contributed by atoms with Crippen LogP contribution in [0, 0.1) is 17.1 Å². The van der Waals surface area contributed by atoms with E-state index in [4.69, 9.17) is 0 Å². The van der Waals surface area contributed by atoms with Gasteiger partial charge in [-0.05, 0) is 62.1 Å². The van der Waals surface area contributed by atoms with Crippen LogP contribution in [0.15, 0.2) is 36.5 Å². The first kappa shape index (κ1) is 27.3. The number of anilines is 4. The van der Waals surface area contributed by atoms with E-state index in [0.29, 0.717) is 5.69 Å². The zero-order valence-electron chi connectivity index (χ0n) is 21.7. The van der Waals surface area contributed by atoms with E-state index in [1.807, 2.05) is 18.2 Å². The van der Waals surface area contributed by atoms with Crippen LogP contribution in [0.3, 0.4) is 0 Å². The number of nitrogens with zero attached hydrogens (tertiary/aromatic N) is 4. The third-order valence-electron chi connectivity index (χ3n) is 7.01. The number of carbonyl (C=O) groups excluding carboxylic acids is 1. The van der Waals surface area contributed by atoms with E-state index >= 15 is 0 Å². The van der Waals surface area contributed by atoms with E-state index in [1.165, 1.54) is 25.5 Å². The van der Waals surface area contributed by atoms with Gasteiger partial charge in [0.05, 0.1) is 17.2 Å². The van der Waals surface area contributed by atoms with Gasteiger partial charge in [-0.2, -0.15) is 23.4 Å². The minimum Gasteiger partial charge on any atom is -0.343 e. The summed E-state index contributed by atoms with van der Waals surface area (Å²) in [5.41, 5.74) is 1.66. The molecule has 1 amide bonds. The lowest BCUT2D eigenvalue weighted by Gasteiger charge is -2.26. The average Bonchev–Trinajstić information content (AvgIpc) is 3.68. The second kappa shape index (κ2) is 10.0. The molecule has 3 heterocycles. The van der Waals surface area contributed by atoms with Gasteiger partial charge in [-0.25, -0.2) is 14.4 Å². The van der Waals surface area contributed by atoms with Crippen molar-refractivity contribution in [3.63, 3.8) is 0 Å². The second-order valence-corrected chi connectivity index (χ2v) is 10.5. The molecule has 1 fully saturated rings. The summed E-state index contributed by atoms with van der Waals surface area (Å²) in [5.74, 6) is -1.84. The number of nitrogens with one attached hydrogen (secondary N) is 4. The number of halogens is 4. The molecular weight excluding hydrogens is 528 g/mol. The van der Waals surface area contributed by atoms with Crippen molar-refractivity contribution in [2.75, 3.05) is 23.7 Å². The van der Waals surface area contributed by atoms with Gasteiger partial charge in [0.25, 0.3) is 5.91 Å². The monoisotopic (exact) mass is 554 g/mol. The van der Waals surface area contributed by atoms with Gasteiger partial charge >= 0.3 is 6.18 Å². The largest absolute Gasteiger partial charge is 0.405 e. The number of benzene rings is 1. The molecule has 1 aliphatic heterocycles. The highest BCUT2D eigenvalue weighted by atomic mass is 19.4.